The summed E-state index contributed by atoms with van der Waals surface area (Å²) in [6.07, 6.45) is 1.81. The van der Waals surface area contributed by atoms with Crippen LogP contribution in [0.3, 0.4) is 0 Å². The number of likely N-dealkylation sites (N-methyl/N-ethyl adjacent to an activating group) is 1. The topological polar surface area (TPSA) is 65.3 Å². The van der Waals surface area contributed by atoms with Gasteiger partial charge in [0.2, 0.25) is 0 Å². The van der Waals surface area contributed by atoms with Crippen molar-refractivity contribution in [3.8, 4) is 11.1 Å². The van der Waals surface area contributed by atoms with Gasteiger partial charge in [0.15, 0.2) is 0 Å². The Bertz CT molecular complexity index is 1730. The molecule has 7 rings (SSSR count). The molecule has 2 aliphatic heterocycles. The van der Waals surface area contributed by atoms with E-state index in [9.17, 15) is 4.79 Å². The fourth-order valence-electron chi connectivity index (χ4n) is 5.83. The number of pyridine rings is 1. The van der Waals surface area contributed by atoms with Crippen LogP contribution < -0.4 is 15.8 Å². The summed E-state index contributed by atoms with van der Waals surface area (Å²) in [5.41, 5.74) is 3.85. The van der Waals surface area contributed by atoms with Crippen molar-refractivity contribution in [2.24, 2.45) is 0 Å². The summed E-state index contributed by atoms with van der Waals surface area (Å²) < 4.78 is 9.64. The third-order valence-corrected chi connectivity index (χ3v) is 9.37. The Morgan fingerprint density at radius 1 is 0.925 bits per heavy atom. The third kappa shape index (κ3) is 4.83. The quantitative estimate of drug-likeness (QED) is 0.337. The number of piperazine rings is 1. The van der Waals surface area contributed by atoms with E-state index in [-0.39, 0.29) is 5.56 Å². The van der Waals surface area contributed by atoms with Gasteiger partial charge in [-0.1, -0.05) is 18.2 Å². The summed E-state index contributed by atoms with van der Waals surface area (Å²) in [6.45, 7) is 9.33. The van der Waals surface area contributed by atoms with Crippen LogP contribution in [0.5, 0.6) is 0 Å². The number of rotatable bonds is 6. The second-order valence-electron chi connectivity index (χ2n) is 10.7. The number of anilines is 2. The number of nitrogens with one attached hydrogen (secondary N) is 1. The summed E-state index contributed by atoms with van der Waals surface area (Å²) in [5, 5.41) is 6.14. The first kappa shape index (κ1) is 25.5. The molecule has 0 spiro atoms. The van der Waals surface area contributed by atoms with Gasteiger partial charge in [-0.15, -0.1) is 11.3 Å². The zero-order chi connectivity index (χ0) is 27.1. The highest BCUT2D eigenvalue weighted by Gasteiger charge is 2.18. The van der Waals surface area contributed by atoms with Crippen LogP contribution in [0.1, 0.15) is 0 Å². The average molecular weight is 555 g/mol. The van der Waals surface area contributed by atoms with E-state index in [0.29, 0.717) is 18.9 Å². The van der Waals surface area contributed by atoms with Crippen molar-refractivity contribution in [2.75, 3.05) is 82.8 Å². The first-order valence-corrected chi connectivity index (χ1v) is 14.9. The van der Waals surface area contributed by atoms with E-state index in [4.69, 9.17) is 9.72 Å². The minimum atomic E-state index is -0.0656. The van der Waals surface area contributed by atoms with E-state index in [2.05, 4.69) is 69.5 Å². The molecular weight excluding hydrogens is 520 g/mol. The molecule has 2 aliphatic rings. The first-order valence-electron chi connectivity index (χ1n) is 14.1. The van der Waals surface area contributed by atoms with Gasteiger partial charge < -0.3 is 19.9 Å². The van der Waals surface area contributed by atoms with E-state index >= 15 is 0 Å². The van der Waals surface area contributed by atoms with Crippen LogP contribution in [-0.2, 0) is 4.74 Å². The van der Waals surface area contributed by atoms with Crippen molar-refractivity contribution in [1.29, 1.82) is 0 Å². The standard InChI is InChI=1S/C31H34N6O2S/c1-34-12-14-35(15-13-34)11-9-32-22-7-8-27-26(20-22)24-5-2-4-23(30(24)40-27)25-6-3-10-37-29(38)21-28(33-31(25)37)36-16-18-39-19-17-36/h2-8,10,20-21,32H,9,11-19H2,1H3. The average Bonchev–Trinajstić information content (AvgIpc) is 3.37. The minimum absolute atomic E-state index is 0.0656. The summed E-state index contributed by atoms with van der Waals surface area (Å²) in [6, 6.07) is 18.8. The number of hydrogen-bond donors (Lipinski definition) is 1. The molecule has 5 heterocycles. The summed E-state index contributed by atoms with van der Waals surface area (Å²) in [7, 11) is 2.20. The molecule has 0 atom stereocenters. The summed E-state index contributed by atoms with van der Waals surface area (Å²) in [4.78, 5) is 25.2. The number of hydrogen-bond acceptors (Lipinski definition) is 8. The molecule has 0 unspecified atom stereocenters. The van der Waals surface area contributed by atoms with Crippen molar-refractivity contribution in [2.45, 2.75) is 0 Å². The van der Waals surface area contributed by atoms with Gasteiger partial charge in [-0.25, -0.2) is 4.98 Å². The van der Waals surface area contributed by atoms with E-state index in [1.54, 1.807) is 21.8 Å². The molecule has 0 amide bonds. The fourth-order valence-corrected chi connectivity index (χ4v) is 7.04. The maximum absolute atomic E-state index is 13.1. The second kappa shape index (κ2) is 10.8. The molecule has 9 heteroatoms. The first-order chi connectivity index (χ1) is 19.6. The van der Waals surface area contributed by atoms with Crippen LogP contribution in [-0.4, -0.2) is 91.8 Å². The Balaban J connectivity index is 1.23. The number of ether oxygens (including phenoxy) is 1. The predicted octanol–water partition coefficient (Wildman–Crippen LogP) is 4.23. The fraction of sp³-hybridized carbons (Fsp3) is 0.355. The van der Waals surface area contributed by atoms with Crippen LogP contribution in [0, 0.1) is 0 Å². The van der Waals surface area contributed by atoms with E-state index < -0.39 is 0 Å². The Morgan fingerprint density at radius 3 is 2.60 bits per heavy atom. The minimum Gasteiger partial charge on any atom is -0.384 e. The van der Waals surface area contributed by atoms with Crippen molar-refractivity contribution >= 4 is 48.7 Å². The molecule has 0 saturated carbocycles. The lowest BCUT2D eigenvalue weighted by Crippen LogP contribution is -2.45. The molecule has 2 saturated heterocycles. The largest absolute Gasteiger partial charge is 0.384 e. The molecule has 2 fully saturated rings. The zero-order valence-electron chi connectivity index (χ0n) is 22.8. The Morgan fingerprint density at radius 2 is 1.75 bits per heavy atom. The van der Waals surface area contributed by atoms with Crippen LogP contribution in [0.4, 0.5) is 11.5 Å². The SMILES string of the molecule is CN1CCN(CCNc2ccc3sc4c(-c5cccn6c(=O)cc(N7CCOCC7)nc56)cccc4c3c2)CC1. The summed E-state index contributed by atoms with van der Waals surface area (Å²) >= 11 is 1.80. The maximum Gasteiger partial charge on any atom is 0.259 e. The van der Waals surface area contributed by atoms with Gasteiger partial charge in [0.05, 0.1) is 13.2 Å². The monoisotopic (exact) mass is 554 g/mol. The van der Waals surface area contributed by atoms with Gasteiger partial charge >= 0.3 is 0 Å². The number of fused-ring (bicyclic) bond motifs is 4. The normalized spacial score (nSPS) is 17.3. The number of benzene rings is 2. The van der Waals surface area contributed by atoms with Gasteiger partial charge in [0, 0.05) is 102 Å². The molecule has 5 aromatic rings. The van der Waals surface area contributed by atoms with Gasteiger partial charge in [-0.2, -0.15) is 0 Å². The van der Waals surface area contributed by atoms with Crippen LogP contribution >= 0.6 is 11.3 Å². The molecule has 0 radical (unpaired) electrons. The van der Waals surface area contributed by atoms with Crippen molar-refractivity contribution in [3.05, 3.63) is 71.1 Å². The molecule has 2 aromatic carbocycles. The smallest absolute Gasteiger partial charge is 0.259 e. The molecule has 8 nitrogen and oxygen atoms in total. The molecule has 0 aliphatic carbocycles. The van der Waals surface area contributed by atoms with Crippen LogP contribution in [0.25, 0.3) is 36.9 Å². The number of aromatic nitrogens is 2. The summed E-state index contributed by atoms with van der Waals surface area (Å²) in [5.74, 6) is 0.719. The highest BCUT2D eigenvalue weighted by molar-refractivity contribution is 7.26. The highest BCUT2D eigenvalue weighted by atomic mass is 32.1. The highest BCUT2D eigenvalue weighted by Crippen LogP contribution is 2.41. The van der Waals surface area contributed by atoms with Crippen molar-refractivity contribution in [3.63, 3.8) is 0 Å². The molecule has 206 valence electrons. The molecular formula is C31H34N6O2S. The van der Waals surface area contributed by atoms with Gasteiger partial charge in [0.25, 0.3) is 5.56 Å². The molecule has 40 heavy (non-hydrogen) atoms. The van der Waals surface area contributed by atoms with E-state index in [1.807, 2.05) is 12.3 Å². The Kier molecular flexibility index (Phi) is 6.89. The Hall–Kier alpha value is -3.50. The second-order valence-corrected chi connectivity index (χ2v) is 11.8. The lowest BCUT2D eigenvalue weighted by atomic mass is 10.0. The van der Waals surface area contributed by atoms with Gasteiger partial charge in [-0.3, -0.25) is 14.1 Å². The maximum atomic E-state index is 13.1. The number of morpholine rings is 1. The van der Waals surface area contributed by atoms with Gasteiger partial charge in [0.1, 0.15) is 11.5 Å². The van der Waals surface area contributed by atoms with E-state index in [0.717, 1.165) is 75.0 Å². The molecule has 1 N–H and O–H groups in total. The van der Waals surface area contributed by atoms with Crippen LogP contribution in [0.2, 0.25) is 0 Å². The molecule has 0 bridgehead atoms. The zero-order valence-corrected chi connectivity index (χ0v) is 23.6. The number of thiophene rings is 1. The van der Waals surface area contributed by atoms with Crippen molar-refractivity contribution in [1.82, 2.24) is 19.2 Å². The lowest BCUT2D eigenvalue weighted by molar-refractivity contribution is 0.122. The Labute approximate surface area is 237 Å². The van der Waals surface area contributed by atoms with E-state index in [1.165, 1.54) is 20.2 Å². The van der Waals surface area contributed by atoms with Crippen molar-refractivity contribution < 1.29 is 4.74 Å². The predicted molar refractivity (Wildman–Crippen MR) is 165 cm³/mol. The lowest BCUT2D eigenvalue weighted by Gasteiger charge is -2.32. The third-order valence-electron chi connectivity index (χ3n) is 8.15. The van der Waals surface area contributed by atoms with Gasteiger partial charge in [-0.05, 0) is 37.4 Å². The number of nitrogens with zero attached hydrogens (tertiary/aromatic N) is 5. The molecule has 3 aromatic heterocycles. The van der Waals surface area contributed by atoms with Crippen LogP contribution in [0.15, 0.2) is 65.6 Å².